The molecule has 1 aliphatic heterocycles. The summed E-state index contributed by atoms with van der Waals surface area (Å²) in [4.78, 5) is 28.1. The second-order valence-electron chi connectivity index (χ2n) is 4.81. The number of morpholine rings is 1. The van der Waals surface area contributed by atoms with Crippen LogP contribution in [0.4, 0.5) is 0 Å². The van der Waals surface area contributed by atoms with Gasteiger partial charge in [-0.2, -0.15) is 0 Å². The molecule has 0 bridgehead atoms. The first-order valence-electron chi connectivity index (χ1n) is 6.84. The third kappa shape index (κ3) is 2.90. The van der Waals surface area contributed by atoms with Gasteiger partial charge in [-0.25, -0.2) is 0 Å². The molecule has 0 aliphatic carbocycles. The van der Waals surface area contributed by atoms with Crippen molar-refractivity contribution in [1.82, 2.24) is 9.88 Å². The number of fused-ring (bicyclic) bond motifs is 1. The zero-order valence-corrected chi connectivity index (χ0v) is 11.5. The summed E-state index contributed by atoms with van der Waals surface area (Å²) in [6.07, 6.45) is 1.57. The fourth-order valence-corrected chi connectivity index (χ4v) is 2.36. The predicted molar refractivity (Wildman–Crippen MR) is 77.5 cm³/mol. The summed E-state index contributed by atoms with van der Waals surface area (Å²) in [5, 5.41) is 1.25. The lowest BCUT2D eigenvalue weighted by molar-refractivity contribution is -0.137. The maximum atomic E-state index is 12.1. The second-order valence-corrected chi connectivity index (χ2v) is 4.81. The van der Waals surface area contributed by atoms with E-state index in [4.69, 9.17) is 9.47 Å². The molecule has 110 valence electrons. The Kier molecular flexibility index (Phi) is 3.87. The summed E-state index contributed by atoms with van der Waals surface area (Å²) >= 11 is 0. The lowest BCUT2D eigenvalue weighted by Gasteiger charge is -2.26. The Morgan fingerprint density at radius 1 is 1.24 bits per heavy atom. The third-order valence-electron chi connectivity index (χ3n) is 3.49. The Morgan fingerprint density at radius 3 is 2.86 bits per heavy atom. The first-order valence-corrected chi connectivity index (χ1v) is 6.84. The zero-order valence-electron chi connectivity index (χ0n) is 11.5. The number of ether oxygens (including phenoxy) is 2. The van der Waals surface area contributed by atoms with E-state index in [2.05, 4.69) is 4.98 Å². The lowest BCUT2D eigenvalue weighted by Crippen LogP contribution is -2.43. The Bertz CT molecular complexity index is 704. The zero-order chi connectivity index (χ0) is 14.7. The topological polar surface area (TPSA) is 71.6 Å². The highest BCUT2D eigenvalue weighted by Gasteiger charge is 2.17. The number of pyridine rings is 1. The highest BCUT2D eigenvalue weighted by atomic mass is 16.5. The molecule has 1 saturated heterocycles. The van der Waals surface area contributed by atoms with Crippen LogP contribution in [0.25, 0.3) is 10.8 Å². The number of H-pyrrole nitrogens is 1. The van der Waals surface area contributed by atoms with E-state index in [1.807, 2.05) is 0 Å². The van der Waals surface area contributed by atoms with E-state index < -0.39 is 0 Å². The molecular weight excluding hydrogens is 272 g/mol. The van der Waals surface area contributed by atoms with Gasteiger partial charge in [-0.1, -0.05) is 6.07 Å². The Morgan fingerprint density at radius 2 is 2.05 bits per heavy atom. The van der Waals surface area contributed by atoms with E-state index in [1.165, 1.54) is 0 Å². The molecule has 0 unspecified atom stereocenters. The van der Waals surface area contributed by atoms with Gasteiger partial charge in [0, 0.05) is 24.7 Å². The minimum atomic E-state index is -0.169. The van der Waals surface area contributed by atoms with Crippen molar-refractivity contribution in [2.24, 2.45) is 0 Å². The van der Waals surface area contributed by atoms with Crippen LogP contribution in [0.5, 0.6) is 5.75 Å². The van der Waals surface area contributed by atoms with Gasteiger partial charge in [0.1, 0.15) is 5.75 Å². The molecule has 2 aromatic rings. The van der Waals surface area contributed by atoms with E-state index >= 15 is 0 Å². The van der Waals surface area contributed by atoms with Crippen molar-refractivity contribution >= 4 is 16.7 Å². The van der Waals surface area contributed by atoms with Gasteiger partial charge >= 0.3 is 0 Å². The van der Waals surface area contributed by atoms with Crippen molar-refractivity contribution in [1.29, 1.82) is 0 Å². The molecule has 1 aliphatic rings. The predicted octanol–water partition coefficient (Wildman–Crippen LogP) is 0.766. The molecule has 0 saturated carbocycles. The molecular formula is C15H16N2O4. The molecule has 1 amide bonds. The molecule has 0 spiro atoms. The summed E-state index contributed by atoms with van der Waals surface area (Å²) in [6, 6.07) is 7.00. The fourth-order valence-electron chi connectivity index (χ4n) is 2.36. The van der Waals surface area contributed by atoms with Crippen LogP contribution in [0.3, 0.4) is 0 Å². The molecule has 0 radical (unpaired) electrons. The number of aromatic amines is 1. The lowest BCUT2D eigenvalue weighted by atomic mass is 10.1. The number of carbonyl (C=O) groups is 1. The van der Waals surface area contributed by atoms with Crippen molar-refractivity contribution in [3.05, 3.63) is 40.8 Å². The quantitative estimate of drug-likeness (QED) is 0.905. The van der Waals surface area contributed by atoms with E-state index in [0.717, 1.165) is 0 Å². The van der Waals surface area contributed by atoms with E-state index in [0.29, 0.717) is 42.8 Å². The number of amides is 1. The van der Waals surface area contributed by atoms with Gasteiger partial charge in [0.25, 0.3) is 11.5 Å². The monoisotopic (exact) mass is 288 g/mol. The third-order valence-corrected chi connectivity index (χ3v) is 3.49. The van der Waals surface area contributed by atoms with Crippen LogP contribution < -0.4 is 10.3 Å². The molecule has 2 heterocycles. The average Bonchev–Trinajstić information content (AvgIpc) is 2.54. The number of carbonyl (C=O) groups excluding carboxylic acids is 1. The standard InChI is InChI=1S/C15H16N2O4/c18-14(17-6-8-20-9-7-17)10-21-13-3-1-2-12-11(13)4-5-16-15(12)19/h1-5H,6-10H2,(H,16,19). The summed E-state index contributed by atoms with van der Waals surface area (Å²) < 4.78 is 10.8. The van der Waals surface area contributed by atoms with Crippen LogP contribution in [0.2, 0.25) is 0 Å². The van der Waals surface area contributed by atoms with E-state index in [-0.39, 0.29) is 18.1 Å². The molecule has 1 aromatic carbocycles. The number of hydrogen-bond acceptors (Lipinski definition) is 4. The minimum absolute atomic E-state index is 0.0358. The van der Waals surface area contributed by atoms with Gasteiger partial charge < -0.3 is 19.4 Å². The number of benzene rings is 1. The Balaban J connectivity index is 1.75. The van der Waals surface area contributed by atoms with Crippen molar-refractivity contribution in [2.75, 3.05) is 32.9 Å². The Hall–Kier alpha value is -2.34. The Labute approximate surface area is 121 Å². The van der Waals surface area contributed by atoms with Gasteiger partial charge in [-0.05, 0) is 18.2 Å². The molecule has 1 aromatic heterocycles. The van der Waals surface area contributed by atoms with Gasteiger partial charge in [0.05, 0.1) is 18.6 Å². The van der Waals surface area contributed by atoms with Crippen LogP contribution >= 0.6 is 0 Å². The SMILES string of the molecule is O=C(COc1cccc2c(=O)[nH]ccc12)N1CCOCC1. The largest absolute Gasteiger partial charge is 0.483 e. The summed E-state index contributed by atoms with van der Waals surface area (Å²) in [5.74, 6) is 0.473. The molecule has 6 heteroatoms. The summed E-state index contributed by atoms with van der Waals surface area (Å²) in [6.45, 7) is 2.28. The molecule has 1 N–H and O–H groups in total. The summed E-state index contributed by atoms with van der Waals surface area (Å²) in [5.41, 5.74) is -0.169. The molecule has 21 heavy (non-hydrogen) atoms. The number of rotatable bonds is 3. The van der Waals surface area contributed by atoms with Gasteiger partial charge in [-0.3, -0.25) is 9.59 Å². The molecule has 1 fully saturated rings. The first-order chi connectivity index (χ1) is 10.3. The van der Waals surface area contributed by atoms with Crippen molar-refractivity contribution in [3.63, 3.8) is 0 Å². The van der Waals surface area contributed by atoms with Crippen molar-refractivity contribution < 1.29 is 14.3 Å². The summed E-state index contributed by atoms with van der Waals surface area (Å²) in [7, 11) is 0. The van der Waals surface area contributed by atoms with Crippen LogP contribution in [0, 0.1) is 0 Å². The van der Waals surface area contributed by atoms with Crippen LogP contribution in [-0.2, 0) is 9.53 Å². The first kappa shape index (κ1) is 13.6. The number of hydrogen-bond donors (Lipinski definition) is 1. The molecule has 6 nitrogen and oxygen atoms in total. The maximum Gasteiger partial charge on any atom is 0.260 e. The van der Waals surface area contributed by atoms with Gasteiger partial charge in [-0.15, -0.1) is 0 Å². The average molecular weight is 288 g/mol. The van der Waals surface area contributed by atoms with Crippen LogP contribution in [-0.4, -0.2) is 48.7 Å². The van der Waals surface area contributed by atoms with E-state index in [1.54, 1.807) is 35.4 Å². The maximum absolute atomic E-state index is 12.1. The van der Waals surface area contributed by atoms with Gasteiger partial charge in [0.15, 0.2) is 6.61 Å². The second kappa shape index (κ2) is 5.97. The normalized spacial score (nSPS) is 15.1. The fraction of sp³-hybridized carbons (Fsp3) is 0.333. The number of aromatic nitrogens is 1. The van der Waals surface area contributed by atoms with Crippen molar-refractivity contribution in [2.45, 2.75) is 0 Å². The highest BCUT2D eigenvalue weighted by Crippen LogP contribution is 2.22. The van der Waals surface area contributed by atoms with Gasteiger partial charge in [0.2, 0.25) is 0 Å². The van der Waals surface area contributed by atoms with E-state index in [9.17, 15) is 9.59 Å². The van der Waals surface area contributed by atoms with Crippen LogP contribution in [0.1, 0.15) is 0 Å². The smallest absolute Gasteiger partial charge is 0.260 e. The number of nitrogens with one attached hydrogen (secondary N) is 1. The van der Waals surface area contributed by atoms with Crippen LogP contribution in [0.15, 0.2) is 35.3 Å². The molecule has 0 atom stereocenters. The number of nitrogens with zero attached hydrogens (tertiary/aromatic N) is 1. The molecule has 3 rings (SSSR count). The minimum Gasteiger partial charge on any atom is -0.483 e. The van der Waals surface area contributed by atoms with Crippen molar-refractivity contribution in [3.8, 4) is 5.75 Å². The highest BCUT2D eigenvalue weighted by molar-refractivity contribution is 5.87.